The summed E-state index contributed by atoms with van der Waals surface area (Å²) < 4.78 is 28.5. The molecule has 0 aliphatic carbocycles. The molecule has 240 valence electrons. The van der Waals surface area contributed by atoms with Crippen molar-refractivity contribution in [3.8, 4) is 5.75 Å². The van der Waals surface area contributed by atoms with Gasteiger partial charge >= 0.3 is 5.97 Å². The normalized spacial score (nSPS) is 33.4. The molecule has 43 heavy (non-hydrogen) atoms. The molecule has 1 aromatic carbocycles. The Kier molecular flexibility index (Phi) is 13.3. The van der Waals surface area contributed by atoms with Crippen molar-refractivity contribution in [1.29, 1.82) is 0 Å². The summed E-state index contributed by atoms with van der Waals surface area (Å²) >= 11 is 0. The van der Waals surface area contributed by atoms with Crippen LogP contribution in [0.3, 0.4) is 0 Å². The summed E-state index contributed by atoms with van der Waals surface area (Å²) in [4.78, 5) is 12.8. The van der Waals surface area contributed by atoms with Crippen LogP contribution < -0.4 is 0 Å². The van der Waals surface area contributed by atoms with Crippen LogP contribution in [0.5, 0.6) is 5.75 Å². The molecule has 12 heteroatoms. The van der Waals surface area contributed by atoms with Crippen LogP contribution in [0.25, 0.3) is 6.08 Å². The van der Waals surface area contributed by atoms with Crippen LogP contribution in [0, 0.1) is 0 Å². The van der Waals surface area contributed by atoms with Gasteiger partial charge in [-0.1, -0.05) is 35.4 Å². The molecule has 10 atom stereocenters. The van der Waals surface area contributed by atoms with E-state index in [-0.39, 0.29) is 12.4 Å². The Hall–Kier alpha value is -2.65. The average Bonchev–Trinajstić information content (AvgIpc) is 2.97. The highest BCUT2D eigenvalue weighted by Crippen LogP contribution is 2.31. The summed E-state index contributed by atoms with van der Waals surface area (Å²) in [5, 5.41) is 61.7. The van der Waals surface area contributed by atoms with E-state index in [0.717, 1.165) is 24.5 Å². The van der Waals surface area contributed by atoms with Crippen molar-refractivity contribution < 1.29 is 59.1 Å². The zero-order valence-electron chi connectivity index (χ0n) is 24.9. The van der Waals surface area contributed by atoms with Crippen molar-refractivity contribution in [1.82, 2.24) is 0 Å². The number of carbonyl (C=O) groups is 1. The van der Waals surface area contributed by atoms with Crippen LogP contribution in [0.2, 0.25) is 0 Å². The Bertz CT molecular complexity index is 1110. The number of hydrogen-bond acceptors (Lipinski definition) is 12. The molecule has 2 fully saturated rings. The van der Waals surface area contributed by atoms with E-state index in [2.05, 4.69) is 6.08 Å². The summed E-state index contributed by atoms with van der Waals surface area (Å²) in [5.41, 5.74) is 2.87. The molecule has 0 aromatic heterocycles. The SMILES string of the molecule is CC(C)=CCC/C(C)=C/CO[C@@H]1O[C@H](CO)[C@@H](OC(=O)/C=C/c2ccc(O)cc2)C(OC2O[C@@H](C)[C@H](O)[C@@H](O)[C@H]2O)[C@H]1O. The van der Waals surface area contributed by atoms with Crippen LogP contribution in [-0.4, -0.2) is 111 Å². The maximum absolute atomic E-state index is 12.8. The maximum atomic E-state index is 12.8. The number of phenolic OH excluding ortho intramolecular Hbond substituents is 1. The quantitative estimate of drug-likeness (QED) is 0.114. The van der Waals surface area contributed by atoms with Gasteiger partial charge in [0.25, 0.3) is 0 Å². The smallest absolute Gasteiger partial charge is 0.331 e. The predicted molar refractivity (Wildman–Crippen MR) is 154 cm³/mol. The van der Waals surface area contributed by atoms with Crippen molar-refractivity contribution in [2.45, 2.75) is 102 Å². The minimum absolute atomic E-state index is 0.0593. The van der Waals surface area contributed by atoms with Gasteiger partial charge in [0, 0.05) is 6.08 Å². The zero-order chi connectivity index (χ0) is 31.7. The fraction of sp³-hybridized carbons (Fsp3) is 0.581. The number of phenols is 1. The number of carbonyl (C=O) groups excluding carboxylic acids is 1. The first kappa shape index (κ1) is 34.8. The number of esters is 1. The molecule has 3 rings (SSSR count). The third-order valence-electron chi connectivity index (χ3n) is 7.23. The Balaban J connectivity index is 1.78. The standard InChI is InChI=1S/C31H44O12/c1-17(2)6-5-7-18(3)14-15-39-30-27(38)29(43-31-26(37)25(36)24(35)19(4)40-31)28(22(16-32)41-30)42-23(34)13-10-20-8-11-21(33)12-9-20/h6,8-14,19,22,24-33,35-38H,5,7,15-16H2,1-4H3/b13-10+,18-14+/t19-,22+,24-,25+,26+,27+,28+,29?,30+,31?/m0/s1. The number of aliphatic hydroxyl groups excluding tert-OH is 5. The van der Waals surface area contributed by atoms with E-state index in [4.69, 9.17) is 23.7 Å². The monoisotopic (exact) mass is 608 g/mol. The molecule has 0 amide bonds. The molecule has 2 saturated heterocycles. The first-order chi connectivity index (χ1) is 20.4. The van der Waals surface area contributed by atoms with Gasteiger partial charge in [0.2, 0.25) is 0 Å². The number of rotatable bonds is 12. The van der Waals surface area contributed by atoms with Crippen LogP contribution in [0.4, 0.5) is 0 Å². The molecule has 0 spiro atoms. The predicted octanol–water partition coefficient (Wildman–Crippen LogP) is 1.32. The number of benzene rings is 1. The van der Waals surface area contributed by atoms with E-state index in [1.165, 1.54) is 30.7 Å². The molecule has 6 N–H and O–H groups in total. The van der Waals surface area contributed by atoms with Gasteiger partial charge in [-0.05, 0) is 64.3 Å². The third-order valence-corrected chi connectivity index (χ3v) is 7.23. The molecule has 0 bridgehead atoms. The van der Waals surface area contributed by atoms with E-state index < -0.39 is 74.0 Å². The lowest BCUT2D eigenvalue weighted by Crippen LogP contribution is -2.65. The van der Waals surface area contributed by atoms with Crippen molar-refractivity contribution in [2.75, 3.05) is 13.2 Å². The van der Waals surface area contributed by atoms with Gasteiger partial charge in [-0.15, -0.1) is 0 Å². The second kappa shape index (κ2) is 16.4. The average molecular weight is 609 g/mol. The minimum Gasteiger partial charge on any atom is -0.508 e. The highest BCUT2D eigenvalue weighted by atomic mass is 16.7. The Morgan fingerprint density at radius 1 is 0.907 bits per heavy atom. The largest absolute Gasteiger partial charge is 0.508 e. The summed E-state index contributed by atoms with van der Waals surface area (Å²) in [5.74, 6) is -0.798. The second-order valence-electron chi connectivity index (χ2n) is 11.0. The lowest BCUT2D eigenvalue weighted by Gasteiger charge is -2.46. The van der Waals surface area contributed by atoms with Crippen LogP contribution in [-0.2, 0) is 28.5 Å². The van der Waals surface area contributed by atoms with Crippen LogP contribution in [0.15, 0.2) is 53.6 Å². The van der Waals surface area contributed by atoms with E-state index in [1.54, 1.807) is 12.1 Å². The Labute approximate surface area is 251 Å². The molecule has 0 radical (unpaired) electrons. The zero-order valence-corrected chi connectivity index (χ0v) is 24.9. The fourth-order valence-electron chi connectivity index (χ4n) is 4.66. The summed E-state index contributed by atoms with van der Waals surface area (Å²) in [6.07, 6.45) is -5.92. The van der Waals surface area contributed by atoms with Crippen molar-refractivity contribution in [3.05, 3.63) is 59.2 Å². The van der Waals surface area contributed by atoms with Crippen molar-refractivity contribution >= 4 is 12.0 Å². The lowest BCUT2D eigenvalue weighted by molar-refractivity contribution is -0.356. The molecular weight excluding hydrogens is 564 g/mol. The number of aromatic hydroxyl groups is 1. The summed E-state index contributed by atoms with van der Waals surface area (Å²) in [7, 11) is 0. The minimum atomic E-state index is -1.70. The highest BCUT2D eigenvalue weighted by molar-refractivity contribution is 5.87. The number of ether oxygens (including phenoxy) is 5. The van der Waals surface area contributed by atoms with Crippen molar-refractivity contribution in [2.24, 2.45) is 0 Å². The molecule has 2 unspecified atom stereocenters. The Morgan fingerprint density at radius 2 is 1.60 bits per heavy atom. The molecule has 1 aromatic rings. The number of aliphatic hydroxyl groups is 5. The number of hydrogen-bond donors (Lipinski definition) is 6. The van der Waals surface area contributed by atoms with Crippen molar-refractivity contribution in [3.63, 3.8) is 0 Å². The van der Waals surface area contributed by atoms with E-state index in [1.807, 2.05) is 26.8 Å². The molecule has 2 heterocycles. The highest BCUT2D eigenvalue weighted by Gasteiger charge is 2.52. The second-order valence-corrected chi connectivity index (χ2v) is 11.0. The van der Waals surface area contributed by atoms with Gasteiger partial charge in [0.05, 0.1) is 19.3 Å². The van der Waals surface area contributed by atoms with Gasteiger partial charge < -0.3 is 54.3 Å². The number of allylic oxidation sites excluding steroid dienone is 3. The van der Waals surface area contributed by atoms with E-state index in [0.29, 0.717) is 5.56 Å². The molecule has 0 saturated carbocycles. The van der Waals surface area contributed by atoms with Gasteiger partial charge in [-0.2, -0.15) is 0 Å². The van der Waals surface area contributed by atoms with Gasteiger partial charge in [0.1, 0.15) is 42.4 Å². The lowest BCUT2D eigenvalue weighted by atomic mass is 9.97. The fourth-order valence-corrected chi connectivity index (χ4v) is 4.66. The van der Waals surface area contributed by atoms with Gasteiger partial charge in [-0.25, -0.2) is 4.79 Å². The van der Waals surface area contributed by atoms with Gasteiger partial charge in [0.15, 0.2) is 18.7 Å². The van der Waals surface area contributed by atoms with E-state index >= 15 is 0 Å². The van der Waals surface area contributed by atoms with Crippen LogP contribution in [0.1, 0.15) is 46.1 Å². The Morgan fingerprint density at radius 3 is 2.26 bits per heavy atom. The summed E-state index contributed by atoms with van der Waals surface area (Å²) in [6.45, 7) is 6.89. The molecular formula is C31H44O12. The topological polar surface area (TPSA) is 185 Å². The maximum Gasteiger partial charge on any atom is 0.331 e. The molecule has 12 nitrogen and oxygen atoms in total. The first-order valence-corrected chi connectivity index (χ1v) is 14.3. The summed E-state index contributed by atoms with van der Waals surface area (Å²) in [6, 6.07) is 6.06. The first-order valence-electron chi connectivity index (χ1n) is 14.3. The third kappa shape index (κ3) is 9.93. The van der Waals surface area contributed by atoms with Gasteiger partial charge in [-0.3, -0.25) is 0 Å². The van der Waals surface area contributed by atoms with E-state index in [9.17, 15) is 35.4 Å². The van der Waals surface area contributed by atoms with Crippen LogP contribution >= 0.6 is 0 Å². The molecule has 2 aliphatic rings. The molecule has 2 aliphatic heterocycles.